The lowest BCUT2D eigenvalue weighted by atomic mass is 9.88. The molecule has 2 heterocycles. The molecule has 0 amide bonds. The first kappa shape index (κ1) is 25.6. The molecule has 0 saturated heterocycles. The van der Waals surface area contributed by atoms with Gasteiger partial charge in [-0.3, -0.25) is 4.98 Å². The van der Waals surface area contributed by atoms with Crippen LogP contribution in [-0.2, 0) is 6.42 Å². The maximum atomic E-state index is 6.71. The molecule has 1 aliphatic heterocycles. The molecule has 3 heteroatoms. The first-order valence-electron chi connectivity index (χ1n) is 14.4. The number of fused-ring (bicyclic) bond motifs is 1. The molecule has 6 aromatic carbocycles. The Labute approximate surface area is 246 Å². The molecule has 0 fully saturated rings. The largest absolute Gasteiger partial charge is 0.397 e. The van der Waals surface area contributed by atoms with Crippen molar-refractivity contribution in [2.75, 3.05) is 11.1 Å². The van der Waals surface area contributed by atoms with E-state index in [2.05, 4.69) is 126 Å². The van der Waals surface area contributed by atoms with Crippen LogP contribution in [-0.4, -0.2) is 4.98 Å². The van der Waals surface area contributed by atoms with E-state index in [1.165, 1.54) is 43.4 Å². The smallest absolute Gasteiger partial charge is 0.0708 e. The summed E-state index contributed by atoms with van der Waals surface area (Å²) >= 11 is 0. The van der Waals surface area contributed by atoms with E-state index >= 15 is 0 Å². The summed E-state index contributed by atoms with van der Waals surface area (Å²) in [4.78, 5) is 3.78. The van der Waals surface area contributed by atoms with Crippen LogP contribution in [0.5, 0.6) is 0 Å². The summed E-state index contributed by atoms with van der Waals surface area (Å²) in [6, 6.07) is 40.6. The Bertz CT molecular complexity index is 2000. The van der Waals surface area contributed by atoms with Crippen molar-refractivity contribution in [2.45, 2.75) is 12.5 Å². The first-order valence-corrected chi connectivity index (χ1v) is 14.4. The zero-order valence-corrected chi connectivity index (χ0v) is 23.2. The number of allylic oxidation sites excluding steroid dienone is 1. The Hall–Kier alpha value is -5.41. The average Bonchev–Trinajstić information content (AvgIpc) is 3.06. The lowest BCUT2D eigenvalue weighted by Crippen LogP contribution is -2.14. The summed E-state index contributed by atoms with van der Waals surface area (Å²) in [6.07, 6.45) is 13.1. The molecule has 42 heavy (non-hydrogen) atoms. The Morgan fingerprint density at radius 1 is 0.690 bits per heavy atom. The summed E-state index contributed by atoms with van der Waals surface area (Å²) in [5.74, 6) is 0. The number of nitrogens with two attached hydrogens (primary N) is 1. The van der Waals surface area contributed by atoms with Gasteiger partial charge in [0.15, 0.2) is 0 Å². The number of nitrogen functional groups attached to an aromatic ring is 1. The van der Waals surface area contributed by atoms with Gasteiger partial charge in [-0.15, -0.1) is 0 Å². The van der Waals surface area contributed by atoms with E-state index in [1.54, 1.807) is 12.4 Å². The Kier molecular flexibility index (Phi) is 6.83. The van der Waals surface area contributed by atoms with Gasteiger partial charge in [-0.25, -0.2) is 0 Å². The second-order valence-corrected chi connectivity index (χ2v) is 10.6. The molecule has 0 aliphatic carbocycles. The van der Waals surface area contributed by atoms with Crippen LogP contribution in [0.3, 0.4) is 0 Å². The summed E-state index contributed by atoms with van der Waals surface area (Å²) in [6.45, 7) is 0. The minimum Gasteiger partial charge on any atom is -0.397 e. The van der Waals surface area contributed by atoms with E-state index < -0.39 is 0 Å². The molecule has 0 spiro atoms. The number of aromatic nitrogens is 1. The number of rotatable bonds is 4. The molecule has 1 atom stereocenters. The molecule has 8 rings (SSSR count). The molecular weight excluding hydrogens is 510 g/mol. The molecule has 1 aliphatic rings. The fourth-order valence-corrected chi connectivity index (χ4v) is 5.96. The van der Waals surface area contributed by atoms with Crippen molar-refractivity contribution < 1.29 is 0 Å². The Morgan fingerprint density at radius 3 is 2.14 bits per heavy atom. The highest BCUT2D eigenvalue weighted by molar-refractivity contribution is 6.23. The molecule has 3 N–H and O–H groups in total. The van der Waals surface area contributed by atoms with Crippen LogP contribution < -0.4 is 11.1 Å². The molecule has 202 valence electrons. The SMILES string of the molecule is Nc1c(/C=C\Cc2ccccc2)ccc2c1NC(c1ccc3ccc4cccc5ccc1c3c45)C=C2.c1ccncc1. The normalized spacial score (nSPS) is 14.1. The van der Waals surface area contributed by atoms with E-state index in [9.17, 15) is 0 Å². The van der Waals surface area contributed by atoms with Crippen molar-refractivity contribution in [3.8, 4) is 0 Å². The third-order valence-corrected chi connectivity index (χ3v) is 8.04. The molecule has 1 aromatic heterocycles. The van der Waals surface area contributed by atoms with E-state index in [1.807, 2.05) is 24.3 Å². The van der Waals surface area contributed by atoms with Gasteiger partial charge in [0, 0.05) is 12.4 Å². The summed E-state index contributed by atoms with van der Waals surface area (Å²) in [5, 5.41) is 11.6. The number of benzene rings is 6. The highest BCUT2D eigenvalue weighted by Gasteiger charge is 2.21. The van der Waals surface area contributed by atoms with Gasteiger partial charge < -0.3 is 11.1 Å². The predicted molar refractivity (Wildman–Crippen MR) is 180 cm³/mol. The van der Waals surface area contributed by atoms with Gasteiger partial charge >= 0.3 is 0 Å². The highest BCUT2D eigenvalue weighted by Crippen LogP contribution is 2.41. The van der Waals surface area contributed by atoms with Crippen molar-refractivity contribution in [2.24, 2.45) is 0 Å². The zero-order chi connectivity index (χ0) is 28.3. The molecule has 0 bridgehead atoms. The zero-order valence-electron chi connectivity index (χ0n) is 23.2. The monoisotopic (exact) mass is 541 g/mol. The van der Waals surface area contributed by atoms with Crippen LogP contribution in [0, 0.1) is 0 Å². The van der Waals surface area contributed by atoms with Crippen molar-refractivity contribution in [3.05, 3.63) is 162 Å². The van der Waals surface area contributed by atoms with Crippen molar-refractivity contribution in [1.29, 1.82) is 0 Å². The van der Waals surface area contributed by atoms with Crippen LogP contribution in [0.2, 0.25) is 0 Å². The number of hydrogen-bond donors (Lipinski definition) is 2. The fraction of sp³-hybridized carbons (Fsp3) is 0.0513. The summed E-state index contributed by atoms with van der Waals surface area (Å²) in [5.41, 5.74) is 13.2. The van der Waals surface area contributed by atoms with Crippen LogP contribution in [0.15, 0.2) is 140 Å². The van der Waals surface area contributed by atoms with Gasteiger partial charge in [-0.2, -0.15) is 0 Å². The fourth-order valence-electron chi connectivity index (χ4n) is 5.96. The number of nitrogens with one attached hydrogen (secondary N) is 1. The maximum Gasteiger partial charge on any atom is 0.0708 e. The third-order valence-electron chi connectivity index (χ3n) is 8.04. The van der Waals surface area contributed by atoms with Gasteiger partial charge in [-0.1, -0.05) is 127 Å². The van der Waals surface area contributed by atoms with Crippen molar-refractivity contribution >= 4 is 55.8 Å². The molecule has 3 nitrogen and oxygen atoms in total. The highest BCUT2D eigenvalue weighted by atomic mass is 14.9. The quantitative estimate of drug-likeness (QED) is 0.172. The average molecular weight is 542 g/mol. The summed E-state index contributed by atoms with van der Waals surface area (Å²) in [7, 11) is 0. The van der Waals surface area contributed by atoms with Crippen LogP contribution in [0.1, 0.15) is 28.3 Å². The van der Waals surface area contributed by atoms with Gasteiger partial charge in [0.1, 0.15) is 0 Å². The second-order valence-electron chi connectivity index (χ2n) is 10.6. The lowest BCUT2D eigenvalue weighted by Gasteiger charge is -2.26. The minimum atomic E-state index is 0.0490. The number of hydrogen-bond acceptors (Lipinski definition) is 3. The standard InChI is InChI=1S/C34H26N2.C5H5N/c35-33-26(11-4-8-22-6-2-1-3-7-22)14-15-27-18-21-30(36-34(27)33)28-19-16-25-13-12-23-9-5-10-24-17-20-29(28)32(25)31(23)24;1-2-4-6-5-3-1/h1-7,9-21,30,36H,8,35H2;1-5H/b11-4-;. The topological polar surface area (TPSA) is 50.9 Å². The molecule has 0 radical (unpaired) electrons. The van der Waals surface area contributed by atoms with E-state index in [0.717, 1.165) is 28.9 Å². The van der Waals surface area contributed by atoms with Crippen LogP contribution in [0.25, 0.3) is 44.5 Å². The third kappa shape index (κ3) is 4.86. The predicted octanol–water partition coefficient (Wildman–Crippen LogP) is 9.68. The van der Waals surface area contributed by atoms with E-state index in [0.29, 0.717) is 0 Å². The number of nitrogens with zero attached hydrogens (tertiary/aromatic N) is 1. The lowest BCUT2D eigenvalue weighted by molar-refractivity contribution is 0.993. The van der Waals surface area contributed by atoms with E-state index in [4.69, 9.17) is 5.73 Å². The van der Waals surface area contributed by atoms with Crippen LogP contribution >= 0.6 is 0 Å². The van der Waals surface area contributed by atoms with Crippen molar-refractivity contribution in [3.63, 3.8) is 0 Å². The first-order chi connectivity index (χ1) is 20.8. The van der Waals surface area contributed by atoms with Gasteiger partial charge in [-0.05, 0) is 73.1 Å². The molecule has 7 aromatic rings. The van der Waals surface area contributed by atoms with Gasteiger partial charge in [0.05, 0.1) is 17.4 Å². The van der Waals surface area contributed by atoms with Crippen LogP contribution in [0.4, 0.5) is 11.4 Å². The van der Waals surface area contributed by atoms with Crippen molar-refractivity contribution in [1.82, 2.24) is 4.98 Å². The molecule has 1 unspecified atom stereocenters. The summed E-state index contributed by atoms with van der Waals surface area (Å²) < 4.78 is 0. The van der Waals surface area contributed by atoms with E-state index in [-0.39, 0.29) is 6.04 Å². The van der Waals surface area contributed by atoms with Gasteiger partial charge in [0.25, 0.3) is 0 Å². The maximum absolute atomic E-state index is 6.71. The second kappa shape index (κ2) is 11.2. The molecule has 0 saturated carbocycles. The number of pyridine rings is 1. The minimum absolute atomic E-state index is 0.0490. The Balaban J connectivity index is 0.000000430. The number of anilines is 2. The molecular formula is C39H31N3. The Morgan fingerprint density at radius 2 is 1.40 bits per heavy atom. The van der Waals surface area contributed by atoms with Gasteiger partial charge in [0.2, 0.25) is 0 Å².